The summed E-state index contributed by atoms with van der Waals surface area (Å²) < 4.78 is 16.8. The van der Waals surface area contributed by atoms with E-state index in [4.69, 9.17) is 14.2 Å². The van der Waals surface area contributed by atoms with Gasteiger partial charge in [0.2, 0.25) is 5.91 Å². The minimum absolute atomic E-state index is 0.234. The molecule has 0 aliphatic carbocycles. The highest BCUT2D eigenvalue weighted by atomic mass is 16.5. The van der Waals surface area contributed by atoms with Crippen molar-refractivity contribution in [2.75, 3.05) is 26.6 Å². The van der Waals surface area contributed by atoms with Crippen LogP contribution in [0.25, 0.3) is 11.3 Å². The van der Waals surface area contributed by atoms with Crippen LogP contribution >= 0.6 is 0 Å². The van der Waals surface area contributed by atoms with E-state index in [2.05, 4.69) is 10.4 Å². The number of hydrogen-bond donors (Lipinski definition) is 1. The van der Waals surface area contributed by atoms with E-state index in [0.717, 1.165) is 4.68 Å². The van der Waals surface area contributed by atoms with Gasteiger partial charge in [-0.2, -0.15) is 5.10 Å². The Morgan fingerprint density at radius 2 is 1.72 bits per heavy atom. The fraction of sp³-hybridized carbons (Fsp3) is 0.190. The van der Waals surface area contributed by atoms with Crippen LogP contribution in [0.5, 0.6) is 17.2 Å². The predicted molar refractivity (Wildman–Crippen MR) is 109 cm³/mol. The van der Waals surface area contributed by atoms with Crippen molar-refractivity contribution >= 4 is 11.6 Å². The summed E-state index contributed by atoms with van der Waals surface area (Å²) in [6, 6.07) is 15.2. The van der Waals surface area contributed by atoms with E-state index < -0.39 is 0 Å². The molecule has 0 atom stereocenters. The Bertz CT molecular complexity index is 1080. The number of aromatic nitrogens is 2. The Morgan fingerprint density at radius 3 is 2.45 bits per heavy atom. The summed E-state index contributed by atoms with van der Waals surface area (Å²) in [6.07, 6.45) is 0. The number of rotatable bonds is 7. The number of amides is 1. The summed E-state index contributed by atoms with van der Waals surface area (Å²) in [6.45, 7) is -0.234. The zero-order chi connectivity index (χ0) is 20.8. The number of carbonyl (C=O) groups is 1. The van der Waals surface area contributed by atoms with Crippen molar-refractivity contribution in [3.63, 3.8) is 0 Å². The van der Waals surface area contributed by atoms with E-state index in [9.17, 15) is 9.59 Å². The van der Waals surface area contributed by atoms with Gasteiger partial charge in [0.15, 0.2) is 0 Å². The van der Waals surface area contributed by atoms with Crippen LogP contribution in [-0.4, -0.2) is 37.0 Å². The van der Waals surface area contributed by atoms with Crippen molar-refractivity contribution in [1.82, 2.24) is 9.78 Å². The molecule has 1 aromatic heterocycles. The van der Waals surface area contributed by atoms with E-state index >= 15 is 0 Å². The molecule has 3 aromatic rings. The van der Waals surface area contributed by atoms with Gasteiger partial charge in [0.1, 0.15) is 23.8 Å². The average Bonchev–Trinajstić information content (AvgIpc) is 2.75. The fourth-order valence-electron chi connectivity index (χ4n) is 2.75. The summed E-state index contributed by atoms with van der Waals surface area (Å²) in [5.74, 6) is 1.41. The predicted octanol–water partition coefficient (Wildman–Crippen LogP) is 2.57. The van der Waals surface area contributed by atoms with Gasteiger partial charge in [0.05, 0.1) is 27.0 Å². The summed E-state index contributed by atoms with van der Waals surface area (Å²) >= 11 is 0. The van der Waals surface area contributed by atoms with Gasteiger partial charge in [-0.15, -0.1) is 0 Å². The Hall–Kier alpha value is -3.81. The molecule has 8 heteroatoms. The second-order valence-electron chi connectivity index (χ2n) is 6.06. The molecule has 0 fully saturated rings. The molecule has 29 heavy (non-hydrogen) atoms. The van der Waals surface area contributed by atoms with Crippen LogP contribution in [0.15, 0.2) is 59.4 Å². The molecular formula is C21H21N3O5. The Labute approximate surface area is 167 Å². The molecule has 0 saturated carbocycles. The molecule has 8 nitrogen and oxygen atoms in total. The van der Waals surface area contributed by atoms with Gasteiger partial charge in [-0.1, -0.05) is 6.07 Å². The SMILES string of the molecule is COc1cccc(NC(=O)Cn2nc(-c3ccc(OC)cc3OC)ccc2=O)c1. The molecule has 0 saturated heterocycles. The first-order valence-corrected chi connectivity index (χ1v) is 8.78. The molecule has 0 bridgehead atoms. The number of anilines is 1. The van der Waals surface area contributed by atoms with Crippen LogP contribution in [-0.2, 0) is 11.3 Å². The van der Waals surface area contributed by atoms with Gasteiger partial charge < -0.3 is 19.5 Å². The molecule has 2 aromatic carbocycles. The van der Waals surface area contributed by atoms with Gasteiger partial charge in [-0.25, -0.2) is 4.68 Å². The second kappa shape index (κ2) is 8.92. The molecule has 1 heterocycles. The first-order chi connectivity index (χ1) is 14.0. The number of hydrogen-bond acceptors (Lipinski definition) is 6. The summed E-state index contributed by atoms with van der Waals surface area (Å²) in [7, 11) is 4.65. The van der Waals surface area contributed by atoms with E-state index in [-0.39, 0.29) is 18.0 Å². The minimum Gasteiger partial charge on any atom is -0.497 e. The highest BCUT2D eigenvalue weighted by Gasteiger charge is 2.12. The van der Waals surface area contributed by atoms with Gasteiger partial charge >= 0.3 is 0 Å². The van der Waals surface area contributed by atoms with Crippen molar-refractivity contribution in [2.24, 2.45) is 0 Å². The number of carbonyl (C=O) groups excluding carboxylic acids is 1. The Kier molecular flexibility index (Phi) is 6.13. The minimum atomic E-state index is -0.387. The van der Waals surface area contributed by atoms with E-state index in [1.54, 1.807) is 62.8 Å². The second-order valence-corrected chi connectivity index (χ2v) is 6.06. The lowest BCUT2D eigenvalue weighted by Crippen LogP contribution is -2.29. The number of ether oxygens (including phenoxy) is 3. The average molecular weight is 395 g/mol. The van der Waals surface area contributed by atoms with Crippen LogP contribution < -0.4 is 25.1 Å². The molecule has 3 rings (SSSR count). The molecule has 1 N–H and O–H groups in total. The van der Waals surface area contributed by atoms with Crippen molar-refractivity contribution in [1.29, 1.82) is 0 Å². The van der Waals surface area contributed by atoms with E-state index in [1.807, 2.05) is 0 Å². The molecule has 0 spiro atoms. The smallest absolute Gasteiger partial charge is 0.267 e. The number of benzene rings is 2. The molecule has 0 radical (unpaired) electrons. The van der Waals surface area contributed by atoms with E-state index in [0.29, 0.717) is 34.2 Å². The van der Waals surface area contributed by atoms with Crippen LogP contribution in [0.1, 0.15) is 0 Å². The summed E-state index contributed by atoms with van der Waals surface area (Å²) in [5, 5.41) is 7.05. The quantitative estimate of drug-likeness (QED) is 0.661. The monoisotopic (exact) mass is 395 g/mol. The third-order valence-corrected chi connectivity index (χ3v) is 4.20. The summed E-state index contributed by atoms with van der Waals surface area (Å²) in [4.78, 5) is 24.6. The normalized spacial score (nSPS) is 10.3. The van der Waals surface area contributed by atoms with Crippen LogP contribution in [0.3, 0.4) is 0 Å². The number of methoxy groups -OCH3 is 3. The maximum absolute atomic E-state index is 12.4. The van der Waals surface area contributed by atoms with Gasteiger partial charge in [0.25, 0.3) is 5.56 Å². The molecular weight excluding hydrogens is 374 g/mol. The third kappa shape index (κ3) is 4.73. The standard InChI is InChI=1S/C21H21N3O5/c1-27-15-6-4-5-14(11-15)22-20(25)13-24-21(26)10-9-18(23-24)17-8-7-16(28-2)12-19(17)29-3/h4-12H,13H2,1-3H3,(H,22,25). The van der Waals surface area contributed by atoms with Gasteiger partial charge in [-0.3, -0.25) is 9.59 Å². The zero-order valence-electron chi connectivity index (χ0n) is 16.3. The van der Waals surface area contributed by atoms with Crippen LogP contribution in [0, 0.1) is 0 Å². The van der Waals surface area contributed by atoms with Crippen molar-refractivity contribution in [3.8, 4) is 28.5 Å². The first-order valence-electron chi connectivity index (χ1n) is 8.78. The maximum atomic E-state index is 12.4. The van der Waals surface area contributed by atoms with Crippen molar-refractivity contribution in [3.05, 3.63) is 65.0 Å². The molecule has 0 aliphatic rings. The van der Waals surface area contributed by atoms with Crippen LogP contribution in [0.2, 0.25) is 0 Å². The van der Waals surface area contributed by atoms with Crippen molar-refractivity contribution < 1.29 is 19.0 Å². The third-order valence-electron chi connectivity index (χ3n) is 4.20. The summed E-state index contributed by atoms with van der Waals surface area (Å²) in [5.41, 5.74) is 1.35. The fourth-order valence-corrected chi connectivity index (χ4v) is 2.75. The molecule has 1 amide bonds. The molecule has 150 valence electrons. The van der Waals surface area contributed by atoms with Gasteiger partial charge in [-0.05, 0) is 30.3 Å². The Balaban J connectivity index is 1.84. The lowest BCUT2D eigenvalue weighted by molar-refractivity contribution is -0.117. The topological polar surface area (TPSA) is 91.7 Å². The largest absolute Gasteiger partial charge is 0.497 e. The van der Waals surface area contributed by atoms with E-state index in [1.165, 1.54) is 13.2 Å². The lowest BCUT2D eigenvalue weighted by Gasteiger charge is -2.12. The van der Waals surface area contributed by atoms with Crippen LogP contribution in [0.4, 0.5) is 5.69 Å². The van der Waals surface area contributed by atoms with Crippen molar-refractivity contribution in [2.45, 2.75) is 6.54 Å². The molecule has 0 unspecified atom stereocenters. The zero-order valence-corrected chi connectivity index (χ0v) is 16.3. The highest BCUT2D eigenvalue weighted by Crippen LogP contribution is 2.31. The Morgan fingerprint density at radius 1 is 0.966 bits per heavy atom. The highest BCUT2D eigenvalue weighted by molar-refractivity contribution is 5.90. The maximum Gasteiger partial charge on any atom is 0.267 e. The molecule has 0 aliphatic heterocycles. The first kappa shape index (κ1) is 19.9. The van der Waals surface area contributed by atoms with Gasteiger partial charge in [0, 0.05) is 29.4 Å². The number of nitrogens with one attached hydrogen (secondary N) is 1. The number of nitrogens with zero attached hydrogens (tertiary/aromatic N) is 2. The lowest BCUT2D eigenvalue weighted by atomic mass is 10.1.